The first-order valence-corrected chi connectivity index (χ1v) is 9.34. The van der Waals surface area contributed by atoms with Crippen molar-refractivity contribution in [3.05, 3.63) is 0 Å². The molecule has 0 aromatic carbocycles. The highest BCUT2D eigenvalue weighted by Crippen LogP contribution is 2.29. The molecule has 3 fully saturated rings. The van der Waals surface area contributed by atoms with Gasteiger partial charge in [-0.05, 0) is 50.5 Å². The molecular formula is C18H33ClN2O. The van der Waals surface area contributed by atoms with Crippen molar-refractivity contribution in [2.75, 3.05) is 19.6 Å². The third-order valence-corrected chi connectivity index (χ3v) is 6.05. The van der Waals surface area contributed by atoms with Crippen LogP contribution in [-0.4, -0.2) is 36.5 Å². The molecule has 4 heteroatoms. The summed E-state index contributed by atoms with van der Waals surface area (Å²) in [7, 11) is 0. The third kappa shape index (κ3) is 4.86. The molecule has 2 saturated heterocycles. The molecule has 1 amide bonds. The zero-order valence-corrected chi connectivity index (χ0v) is 14.7. The number of amides is 1. The van der Waals surface area contributed by atoms with Crippen LogP contribution in [0.4, 0.5) is 0 Å². The number of carbonyl (C=O) groups excluding carboxylic acids is 1. The normalized spacial score (nSPS) is 27.6. The number of rotatable bonds is 4. The lowest BCUT2D eigenvalue weighted by Crippen LogP contribution is -2.43. The minimum absolute atomic E-state index is 0. The predicted molar refractivity (Wildman–Crippen MR) is 93.4 cm³/mol. The molecule has 0 radical (unpaired) electrons. The van der Waals surface area contributed by atoms with E-state index in [1.165, 1.54) is 64.3 Å². The minimum Gasteiger partial charge on any atom is -0.343 e. The van der Waals surface area contributed by atoms with Gasteiger partial charge in [0.05, 0.1) is 0 Å². The average Bonchev–Trinajstić information content (AvgIpc) is 3.08. The Morgan fingerprint density at radius 1 is 0.955 bits per heavy atom. The van der Waals surface area contributed by atoms with Gasteiger partial charge in [-0.1, -0.05) is 32.1 Å². The number of nitrogens with zero attached hydrogens (tertiary/aromatic N) is 1. The van der Waals surface area contributed by atoms with E-state index in [1.54, 1.807) is 0 Å². The maximum Gasteiger partial charge on any atom is 0.222 e. The lowest BCUT2D eigenvalue weighted by Gasteiger charge is -2.35. The fraction of sp³-hybridized carbons (Fsp3) is 0.944. The Bertz CT molecular complexity index is 330. The Morgan fingerprint density at radius 2 is 1.68 bits per heavy atom. The second kappa shape index (κ2) is 9.12. The maximum absolute atomic E-state index is 12.4. The van der Waals surface area contributed by atoms with Crippen LogP contribution in [0.1, 0.15) is 70.6 Å². The first kappa shape index (κ1) is 18.1. The van der Waals surface area contributed by atoms with Gasteiger partial charge in [-0.3, -0.25) is 4.79 Å². The summed E-state index contributed by atoms with van der Waals surface area (Å²) in [6.45, 7) is 3.21. The van der Waals surface area contributed by atoms with E-state index in [0.717, 1.165) is 43.8 Å². The van der Waals surface area contributed by atoms with Gasteiger partial charge in [0.2, 0.25) is 5.91 Å². The number of hydrogen-bond donors (Lipinski definition) is 1. The van der Waals surface area contributed by atoms with Gasteiger partial charge in [0.15, 0.2) is 0 Å². The highest BCUT2D eigenvalue weighted by Gasteiger charge is 2.29. The Balaban J connectivity index is 0.00000176. The van der Waals surface area contributed by atoms with Crippen LogP contribution in [0.2, 0.25) is 0 Å². The standard InChI is InChI=1S/C18H32N2O.ClH/c21-18(9-8-15-5-2-1-3-6-15)20-13-10-16(11-14-20)17-7-4-12-19-17;/h15-17,19H,1-14H2;1H. The van der Waals surface area contributed by atoms with E-state index in [9.17, 15) is 4.79 Å². The Morgan fingerprint density at radius 3 is 2.32 bits per heavy atom. The van der Waals surface area contributed by atoms with Crippen molar-refractivity contribution in [2.24, 2.45) is 11.8 Å². The molecule has 0 aromatic rings. The summed E-state index contributed by atoms with van der Waals surface area (Å²) in [5.41, 5.74) is 0. The van der Waals surface area contributed by atoms with Gasteiger partial charge in [-0.15, -0.1) is 12.4 Å². The molecule has 2 heterocycles. The third-order valence-electron chi connectivity index (χ3n) is 6.05. The van der Waals surface area contributed by atoms with E-state index in [1.807, 2.05) is 0 Å². The Kier molecular flexibility index (Phi) is 7.49. The van der Waals surface area contributed by atoms with Crippen molar-refractivity contribution in [1.82, 2.24) is 10.2 Å². The van der Waals surface area contributed by atoms with E-state index >= 15 is 0 Å². The summed E-state index contributed by atoms with van der Waals surface area (Å²) in [4.78, 5) is 14.5. The summed E-state index contributed by atoms with van der Waals surface area (Å²) >= 11 is 0. The highest BCUT2D eigenvalue weighted by atomic mass is 35.5. The molecule has 1 unspecified atom stereocenters. The maximum atomic E-state index is 12.4. The zero-order chi connectivity index (χ0) is 14.5. The number of likely N-dealkylation sites (tertiary alicyclic amines) is 1. The molecule has 128 valence electrons. The zero-order valence-electron chi connectivity index (χ0n) is 13.9. The molecule has 1 saturated carbocycles. The predicted octanol–water partition coefficient (Wildman–Crippen LogP) is 3.76. The van der Waals surface area contributed by atoms with Crippen LogP contribution in [0.3, 0.4) is 0 Å². The van der Waals surface area contributed by atoms with Gasteiger partial charge >= 0.3 is 0 Å². The van der Waals surface area contributed by atoms with Crippen LogP contribution in [0.15, 0.2) is 0 Å². The van der Waals surface area contributed by atoms with E-state index in [-0.39, 0.29) is 12.4 Å². The van der Waals surface area contributed by atoms with E-state index < -0.39 is 0 Å². The Hall–Kier alpha value is -0.280. The first-order chi connectivity index (χ1) is 10.3. The van der Waals surface area contributed by atoms with Crippen molar-refractivity contribution < 1.29 is 4.79 Å². The Labute approximate surface area is 142 Å². The molecule has 0 aromatic heterocycles. The van der Waals surface area contributed by atoms with Crippen LogP contribution in [-0.2, 0) is 4.79 Å². The molecule has 1 atom stereocenters. The molecule has 3 nitrogen and oxygen atoms in total. The van der Waals surface area contributed by atoms with Crippen LogP contribution >= 0.6 is 12.4 Å². The van der Waals surface area contributed by atoms with Gasteiger partial charge in [0, 0.05) is 25.6 Å². The molecule has 3 rings (SSSR count). The van der Waals surface area contributed by atoms with Gasteiger partial charge in [0.25, 0.3) is 0 Å². The number of halogens is 1. The highest BCUT2D eigenvalue weighted by molar-refractivity contribution is 5.85. The molecule has 0 bridgehead atoms. The number of nitrogens with one attached hydrogen (secondary N) is 1. The van der Waals surface area contributed by atoms with Gasteiger partial charge < -0.3 is 10.2 Å². The van der Waals surface area contributed by atoms with Crippen molar-refractivity contribution in [3.63, 3.8) is 0 Å². The first-order valence-electron chi connectivity index (χ1n) is 9.34. The molecule has 22 heavy (non-hydrogen) atoms. The second-order valence-corrected chi connectivity index (χ2v) is 7.46. The van der Waals surface area contributed by atoms with Crippen molar-refractivity contribution in [2.45, 2.75) is 76.7 Å². The largest absolute Gasteiger partial charge is 0.343 e. The summed E-state index contributed by atoms with van der Waals surface area (Å²) in [5.74, 6) is 2.08. The molecule has 0 spiro atoms. The quantitative estimate of drug-likeness (QED) is 0.852. The van der Waals surface area contributed by atoms with Crippen LogP contribution in [0.5, 0.6) is 0 Å². The summed E-state index contributed by atoms with van der Waals surface area (Å²) < 4.78 is 0. The van der Waals surface area contributed by atoms with Crippen LogP contribution in [0.25, 0.3) is 0 Å². The monoisotopic (exact) mass is 328 g/mol. The molecular weight excluding hydrogens is 296 g/mol. The second-order valence-electron chi connectivity index (χ2n) is 7.46. The van der Waals surface area contributed by atoms with E-state index in [0.29, 0.717) is 5.91 Å². The van der Waals surface area contributed by atoms with Gasteiger partial charge in [0.1, 0.15) is 0 Å². The van der Waals surface area contributed by atoms with Crippen molar-refractivity contribution in [1.29, 1.82) is 0 Å². The topological polar surface area (TPSA) is 32.3 Å². The number of piperidine rings is 1. The van der Waals surface area contributed by atoms with Crippen LogP contribution in [0, 0.1) is 11.8 Å². The minimum atomic E-state index is 0. The number of carbonyl (C=O) groups is 1. The summed E-state index contributed by atoms with van der Waals surface area (Å²) in [5, 5.41) is 3.64. The summed E-state index contributed by atoms with van der Waals surface area (Å²) in [6, 6.07) is 0.740. The lowest BCUT2D eigenvalue weighted by molar-refractivity contribution is -0.133. The molecule has 1 aliphatic carbocycles. The SMILES string of the molecule is Cl.O=C(CCC1CCCCC1)N1CCC(C2CCCN2)CC1. The number of hydrogen-bond acceptors (Lipinski definition) is 2. The molecule has 3 aliphatic rings. The lowest BCUT2D eigenvalue weighted by atomic mass is 9.85. The fourth-order valence-corrected chi connectivity index (χ4v) is 4.63. The van der Waals surface area contributed by atoms with Crippen molar-refractivity contribution >= 4 is 18.3 Å². The van der Waals surface area contributed by atoms with Crippen molar-refractivity contribution in [3.8, 4) is 0 Å². The molecule has 1 N–H and O–H groups in total. The van der Waals surface area contributed by atoms with Gasteiger partial charge in [-0.25, -0.2) is 0 Å². The van der Waals surface area contributed by atoms with E-state index in [2.05, 4.69) is 10.2 Å². The molecule has 2 aliphatic heterocycles. The van der Waals surface area contributed by atoms with E-state index in [4.69, 9.17) is 0 Å². The fourth-order valence-electron chi connectivity index (χ4n) is 4.63. The van der Waals surface area contributed by atoms with Crippen LogP contribution < -0.4 is 5.32 Å². The van der Waals surface area contributed by atoms with Gasteiger partial charge in [-0.2, -0.15) is 0 Å². The average molecular weight is 329 g/mol. The smallest absolute Gasteiger partial charge is 0.222 e. The summed E-state index contributed by atoms with van der Waals surface area (Å²) in [6.07, 6.45) is 14.0.